The quantitative estimate of drug-likeness (QED) is 0.405. The van der Waals surface area contributed by atoms with Crippen molar-refractivity contribution >= 4 is 11.9 Å². The molecule has 0 aromatic carbocycles. The maximum Gasteiger partial charge on any atom is 0.244 e. The van der Waals surface area contributed by atoms with Crippen LogP contribution in [0.3, 0.4) is 0 Å². The standard InChI is InChI=1S/C15H30N4O/c1-3-5-6-7-10-17-15(16-4-2)18-13-14(20)19-11-8-9-12-19/h3-13H2,1-2H3,(H2,16,17,18). The van der Waals surface area contributed by atoms with Gasteiger partial charge in [0.15, 0.2) is 5.96 Å². The number of nitrogens with one attached hydrogen (secondary N) is 2. The molecule has 116 valence electrons. The molecule has 1 saturated heterocycles. The van der Waals surface area contributed by atoms with Gasteiger partial charge < -0.3 is 15.5 Å². The Bertz CT molecular complexity index is 298. The summed E-state index contributed by atoms with van der Waals surface area (Å²) in [5.41, 5.74) is 0. The van der Waals surface area contributed by atoms with Crippen molar-refractivity contribution in [3.05, 3.63) is 0 Å². The number of hydrogen-bond donors (Lipinski definition) is 2. The Morgan fingerprint density at radius 3 is 2.50 bits per heavy atom. The van der Waals surface area contributed by atoms with Gasteiger partial charge in [0.1, 0.15) is 6.54 Å². The highest BCUT2D eigenvalue weighted by atomic mass is 16.2. The Balaban J connectivity index is 2.27. The molecule has 2 N–H and O–H groups in total. The molecule has 20 heavy (non-hydrogen) atoms. The van der Waals surface area contributed by atoms with Gasteiger partial charge in [-0.05, 0) is 26.2 Å². The van der Waals surface area contributed by atoms with Gasteiger partial charge in [-0.2, -0.15) is 0 Å². The lowest BCUT2D eigenvalue weighted by molar-refractivity contribution is -0.128. The molecule has 0 bridgehead atoms. The van der Waals surface area contributed by atoms with Gasteiger partial charge in [-0.1, -0.05) is 26.2 Å². The van der Waals surface area contributed by atoms with Crippen LogP contribution in [0.25, 0.3) is 0 Å². The van der Waals surface area contributed by atoms with Crippen molar-refractivity contribution in [1.29, 1.82) is 0 Å². The van der Waals surface area contributed by atoms with Gasteiger partial charge in [-0.3, -0.25) is 4.79 Å². The van der Waals surface area contributed by atoms with Gasteiger partial charge in [-0.15, -0.1) is 0 Å². The van der Waals surface area contributed by atoms with E-state index in [-0.39, 0.29) is 12.5 Å². The Morgan fingerprint density at radius 2 is 1.85 bits per heavy atom. The molecule has 0 unspecified atom stereocenters. The number of nitrogens with zero attached hydrogens (tertiary/aromatic N) is 2. The second-order valence-electron chi connectivity index (χ2n) is 5.27. The van der Waals surface area contributed by atoms with Crippen LogP contribution in [0.5, 0.6) is 0 Å². The predicted molar refractivity (Wildman–Crippen MR) is 83.9 cm³/mol. The van der Waals surface area contributed by atoms with Gasteiger partial charge in [0.2, 0.25) is 5.91 Å². The minimum Gasteiger partial charge on any atom is -0.357 e. The van der Waals surface area contributed by atoms with Crippen LogP contribution in [-0.2, 0) is 4.79 Å². The maximum absolute atomic E-state index is 11.9. The topological polar surface area (TPSA) is 56.7 Å². The lowest BCUT2D eigenvalue weighted by atomic mass is 10.2. The van der Waals surface area contributed by atoms with Crippen LogP contribution in [-0.4, -0.2) is 49.5 Å². The number of aliphatic imine (C=N–C) groups is 1. The fraction of sp³-hybridized carbons (Fsp3) is 0.867. The van der Waals surface area contributed by atoms with E-state index >= 15 is 0 Å². The zero-order valence-corrected chi connectivity index (χ0v) is 13.1. The largest absolute Gasteiger partial charge is 0.357 e. The highest BCUT2D eigenvalue weighted by molar-refractivity contribution is 5.85. The van der Waals surface area contributed by atoms with Crippen LogP contribution in [0.2, 0.25) is 0 Å². The van der Waals surface area contributed by atoms with Gasteiger partial charge in [-0.25, -0.2) is 4.99 Å². The van der Waals surface area contributed by atoms with E-state index in [0.717, 1.165) is 51.4 Å². The number of rotatable bonds is 8. The van der Waals surface area contributed by atoms with E-state index in [0.29, 0.717) is 0 Å². The molecule has 1 aliphatic rings. The summed E-state index contributed by atoms with van der Waals surface area (Å²) >= 11 is 0. The number of carbonyl (C=O) groups is 1. The summed E-state index contributed by atoms with van der Waals surface area (Å²) in [5.74, 6) is 0.905. The van der Waals surface area contributed by atoms with E-state index in [1.54, 1.807) is 0 Å². The van der Waals surface area contributed by atoms with Crippen molar-refractivity contribution in [3.8, 4) is 0 Å². The van der Waals surface area contributed by atoms with Crippen LogP contribution in [0.1, 0.15) is 52.4 Å². The number of likely N-dealkylation sites (tertiary alicyclic amines) is 1. The Labute approximate surface area is 123 Å². The number of carbonyl (C=O) groups excluding carboxylic acids is 1. The van der Waals surface area contributed by atoms with Crippen LogP contribution >= 0.6 is 0 Å². The summed E-state index contributed by atoms with van der Waals surface area (Å²) < 4.78 is 0. The van der Waals surface area contributed by atoms with E-state index in [2.05, 4.69) is 22.5 Å². The lowest BCUT2D eigenvalue weighted by Gasteiger charge is -2.15. The first-order valence-corrected chi connectivity index (χ1v) is 8.07. The van der Waals surface area contributed by atoms with E-state index in [1.165, 1.54) is 19.3 Å². The van der Waals surface area contributed by atoms with Gasteiger partial charge in [0.05, 0.1) is 0 Å². The summed E-state index contributed by atoms with van der Waals surface area (Å²) in [6.45, 7) is 8.04. The van der Waals surface area contributed by atoms with Crippen molar-refractivity contribution in [2.24, 2.45) is 4.99 Å². The predicted octanol–water partition coefficient (Wildman–Crippen LogP) is 1.74. The lowest BCUT2D eigenvalue weighted by Crippen LogP contribution is -2.39. The number of amides is 1. The van der Waals surface area contributed by atoms with E-state index < -0.39 is 0 Å². The molecule has 1 amide bonds. The monoisotopic (exact) mass is 282 g/mol. The van der Waals surface area contributed by atoms with Gasteiger partial charge >= 0.3 is 0 Å². The Kier molecular flexibility index (Phi) is 8.83. The molecule has 1 fully saturated rings. The summed E-state index contributed by atoms with van der Waals surface area (Å²) in [6.07, 6.45) is 7.19. The molecule has 1 aliphatic heterocycles. The molecular formula is C15H30N4O. The SMILES string of the molecule is CCCCCCNC(=NCC(=O)N1CCCC1)NCC. The Hall–Kier alpha value is -1.26. The molecule has 0 aromatic heterocycles. The van der Waals surface area contributed by atoms with E-state index in [1.807, 2.05) is 11.8 Å². The summed E-state index contributed by atoms with van der Waals surface area (Å²) in [6, 6.07) is 0. The normalized spacial score (nSPS) is 15.5. The molecular weight excluding hydrogens is 252 g/mol. The van der Waals surface area contributed by atoms with Crippen LogP contribution in [0.4, 0.5) is 0 Å². The summed E-state index contributed by atoms with van der Waals surface area (Å²) in [5, 5.41) is 6.48. The molecule has 0 saturated carbocycles. The van der Waals surface area contributed by atoms with Gasteiger partial charge in [0.25, 0.3) is 0 Å². The Morgan fingerprint density at radius 1 is 1.10 bits per heavy atom. The zero-order valence-electron chi connectivity index (χ0n) is 13.1. The smallest absolute Gasteiger partial charge is 0.244 e. The fourth-order valence-electron chi connectivity index (χ4n) is 2.31. The minimum absolute atomic E-state index is 0.144. The first-order valence-electron chi connectivity index (χ1n) is 8.07. The number of unbranched alkanes of at least 4 members (excludes halogenated alkanes) is 3. The third-order valence-electron chi connectivity index (χ3n) is 3.50. The second kappa shape index (κ2) is 10.5. The highest BCUT2D eigenvalue weighted by Gasteiger charge is 2.17. The third kappa shape index (κ3) is 6.78. The first-order chi connectivity index (χ1) is 9.77. The maximum atomic E-state index is 11.9. The van der Waals surface area contributed by atoms with Gasteiger partial charge in [0, 0.05) is 26.2 Å². The van der Waals surface area contributed by atoms with Crippen molar-refractivity contribution in [2.75, 3.05) is 32.7 Å². The van der Waals surface area contributed by atoms with Crippen molar-refractivity contribution in [3.63, 3.8) is 0 Å². The zero-order chi connectivity index (χ0) is 14.6. The molecule has 0 atom stereocenters. The highest BCUT2D eigenvalue weighted by Crippen LogP contribution is 2.07. The average Bonchev–Trinajstić information content (AvgIpc) is 2.98. The molecule has 5 nitrogen and oxygen atoms in total. The van der Waals surface area contributed by atoms with Crippen molar-refractivity contribution in [1.82, 2.24) is 15.5 Å². The molecule has 1 rings (SSSR count). The molecule has 0 spiro atoms. The second-order valence-corrected chi connectivity index (χ2v) is 5.27. The summed E-state index contributed by atoms with van der Waals surface area (Å²) in [7, 11) is 0. The fourth-order valence-corrected chi connectivity index (χ4v) is 2.31. The molecule has 0 radical (unpaired) electrons. The first kappa shape index (κ1) is 16.8. The minimum atomic E-state index is 0.144. The van der Waals surface area contributed by atoms with Crippen LogP contribution in [0, 0.1) is 0 Å². The number of hydrogen-bond acceptors (Lipinski definition) is 2. The average molecular weight is 282 g/mol. The van der Waals surface area contributed by atoms with E-state index in [4.69, 9.17) is 0 Å². The molecule has 0 aliphatic carbocycles. The molecule has 0 aromatic rings. The van der Waals surface area contributed by atoms with Crippen LogP contribution in [0.15, 0.2) is 4.99 Å². The van der Waals surface area contributed by atoms with E-state index in [9.17, 15) is 4.79 Å². The van der Waals surface area contributed by atoms with Crippen molar-refractivity contribution in [2.45, 2.75) is 52.4 Å². The number of guanidine groups is 1. The summed E-state index contributed by atoms with van der Waals surface area (Å²) in [4.78, 5) is 18.2. The third-order valence-corrected chi connectivity index (χ3v) is 3.50. The molecule has 1 heterocycles. The van der Waals surface area contributed by atoms with Crippen LogP contribution < -0.4 is 10.6 Å². The van der Waals surface area contributed by atoms with Crippen molar-refractivity contribution < 1.29 is 4.79 Å². The molecule has 5 heteroatoms.